The number of methoxy groups -OCH3 is 1. The van der Waals surface area contributed by atoms with Gasteiger partial charge in [-0.15, -0.1) is 0 Å². The molecule has 1 aromatic rings. The molecule has 0 aliphatic carbocycles. The number of hydrogen-bond donors (Lipinski definition) is 2. The average Bonchev–Trinajstić information content (AvgIpc) is 2.53. The van der Waals surface area contributed by atoms with Gasteiger partial charge in [0.05, 0.1) is 19.8 Å². The van der Waals surface area contributed by atoms with E-state index in [1.54, 1.807) is 27.9 Å². The molecule has 0 aliphatic heterocycles. The van der Waals surface area contributed by atoms with E-state index in [-0.39, 0.29) is 12.5 Å². The third kappa shape index (κ3) is 9.69. The number of carbonyl (C=O) groups is 2. The van der Waals surface area contributed by atoms with Crippen molar-refractivity contribution in [2.24, 2.45) is 0 Å². The Morgan fingerprint density at radius 2 is 1.84 bits per heavy atom. The van der Waals surface area contributed by atoms with Gasteiger partial charge in [0, 0.05) is 13.7 Å². The van der Waals surface area contributed by atoms with Gasteiger partial charge in [0.1, 0.15) is 11.6 Å². The first-order valence-electron chi connectivity index (χ1n) is 8.19. The molecule has 0 bridgehead atoms. The predicted molar refractivity (Wildman–Crippen MR) is 94.1 cm³/mol. The summed E-state index contributed by atoms with van der Waals surface area (Å²) in [5.41, 5.74) is 0.338. The minimum Gasteiger partial charge on any atom is -0.444 e. The van der Waals surface area contributed by atoms with Crippen LogP contribution in [0.25, 0.3) is 0 Å². The van der Waals surface area contributed by atoms with Gasteiger partial charge >= 0.3 is 6.09 Å². The highest BCUT2D eigenvalue weighted by atomic mass is 16.6. The Morgan fingerprint density at radius 1 is 1.16 bits per heavy atom. The normalized spacial score (nSPS) is 12.3. The van der Waals surface area contributed by atoms with Crippen LogP contribution >= 0.6 is 0 Å². The van der Waals surface area contributed by atoms with Gasteiger partial charge in [-0.3, -0.25) is 4.79 Å². The topological polar surface area (TPSA) is 85.9 Å². The van der Waals surface area contributed by atoms with Gasteiger partial charge in [-0.05, 0) is 26.3 Å². The summed E-state index contributed by atoms with van der Waals surface area (Å²) in [7, 11) is 1.55. The average molecular weight is 352 g/mol. The first-order chi connectivity index (χ1) is 11.8. The molecule has 7 heteroatoms. The zero-order chi connectivity index (χ0) is 18.7. The molecular formula is C18H28N2O5. The smallest absolute Gasteiger partial charge is 0.408 e. The molecule has 0 spiro atoms. The van der Waals surface area contributed by atoms with Crippen LogP contribution in [0, 0.1) is 0 Å². The van der Waals surface area contributed by atoms with E-state index in [1.165, 1.54) is 0 Å². The molecule has 1 rings (SSSR count). The van der Waals surface area contributed by atoms with Crippen LogP contribution in [0.2, 0.25) is 0 Å². The zero-order valence-electron chi connectivity index (χ0n) is 15.3. The van der Waals surface area contributed by atoms with Crippen LogP contribution in [0.4, 0.5) is 4.79 Å². The van der Waals surface area contributed by atoms with Gasteiger partial charge in [0.15, 0.2) is 0 Å². The van der Waals surface area contributed by atoms with Gasteiger partial charge in [-0.25, -0.2) is 4.79 Å². The molecule has 1 unspecified atom stereocenters. The second kappa shape index (κ2) is 10.7. The van der Waals surface area contributed by atoms with Crippen molar-refractivity contribution < 1.29 is 23.8 Å². The molecule has 0 saturated carbocycles. The molecule has 2 N–H and O–H groups in total. The Morgan fingerprint density at radius 3 is 2.44 bits per heavy atom. The summed E-state index contributed by atoms with van der Waals surface area (Å²) < 4.78 is 15.7. The Labute approximate surface area is 149 Å². The van der Waals surface area contributed by atoms with Gasteiger partial charge in [0.25, 0.3) is 0 Å². The third-order valence-electron chi connectivity index (χ3n) is 3.01. The maximum absolute atomic E-state index is 12.2. The first-order valence-corrected chi connectivity index (χ1v) is 8.19. The molecule has 7 nitrogen and oxygen atoms in total. The minimum absolute atomic E-state index is 0.0347. The van der Waals surface area contributed by atoms with E-state index in [0.717, 1.165) is 5.56 Å². The maximum atomic E-state index is 12.2. The molecule has 140 valence electrons. The highest BCUT2D eigenvalue weighted by Crippen LogP contribution is 2.07. The summed E-state index contributed by atoms with van der Waals surface area (Å²) in [6, 6.07) is 8.73. The maximum Gasteiger partial charge on any atom is 0.408 e. The monoisotopic (exact) mass is 352 g/mol. The number of ether oxygens (including phenoxy) is 3. The largest absolute Gasteiger partial charge is 0.444 e. The number of nitrogens with one attached hydrogen (secondary N) is 2. The van der Waals surface area contributed by atoms with Crippen LogP contribution in [0.1, 0.15) is 26.3 Å². The molecular weight excluding hydrogens is 324 g/mol. The molecule has 1 atom stereocenters. The lowest BCUT2D eigenvalue weighted by Crippen LogP contribution is -2.51. The van der Waals surface area contributed by atoms with Crippen molar-refractivity contribution in [3.63, 3.8) is 0 Å². The van der Waals surface area contributed by atoms with Gasteiger partial charge in [-0.1, -0.05) is 30.3 Å². The van der Waals surface area contributed by atoms with Crippen molar-refractivity contribution in [1.82, 2.24) is 10.6 Å². The molecule has 0 saturated heterocycles. The van der Waals surface area contributed by atoms with Crippen LogP contribution in [-0.2, 0) is 25.6 Å². The standard InChI is InChI=1S/C18H28N2O5/c1-18(2,3)25-17(22)20-15(16(21)19-10-11-23-4)13-24-12-14-8-6-5-7-9-14/h5-9,15H,10-13H2,1-4H3,(H,19,21)(H,20,22). The number of amides is 2. The van der Waals surface area contributed by atoms with E-state index < -0.39 is 17.7 Å². The van der Waals surface area contributed by atoms with Crippen LogP contribution < -0.4 is 10.6 Å². The van der Waals surface area contributed by atoms with E-state index in [0.29, 0.717) is 19.8 Å². The number of benzene rings is 1. The fourth-order valence-corrected chi connectivity index (χ4v) is 1.90. The predicted octanol–water partition coefficient (Wildman–Crippen LogP) is 1.86. The second-order valence-electron chi connectivity index (χ2n) is 6.48. The summed E-state index contributed by atoms with van der Waals surface area (Å²) in [5, 5.41) is 5.23. The van der Waals surface area contributed by atoms with Crippen LogP contribution in [-0.4, -0.2) is 50.5 Å². The summed E-state index contributed by atoms with van der Waals surface area (Å²) >= 11 is 0. The minimum atomic E-state index is -0.851. The van der Waals surface area contributed by atoms with Crippen LogP contribution in [0.5, 0.6) is 0 Å². The highest BCUT2D eigenvalue weighted by Gasteiger charge is 2.24. The van der Waals surface area contributed by atoms with Gasteiger partial charge in [0.2, 0.25) is 5.91 Å². The summed E-state index contributed by atoms with van der Waals surface area (Å²) in [6.07, 6.45) is -0.664. The van der Waals surface area contributed by atoms with E-state index in [1.807, 2.05) is 30.3 Å². The van der Waals surface area contributed by atoms with E-state index in [4.69, 9.17) is 14.2 Å². The lowest BCUT2D eigenvalue weighted by atomic mass is 10.2. The number of rotatable bonds is 9. The Bertz CT molecular complexity index is 528. The van der Waals surface area contributed by atoms with E-state index in [2.05, 4.69) is 10.6 Å². The fraction of sp³-hybridized carbons (Fsp3) is 0.556. The number of carbonyl (C=O) groups excluding carboxylic acids is 2. The number of hydrogen-bond acceptors (Lipinski definition) is 5. The van der Waals surface area contributed by atoms with E-state index in [9.17, 15) is 9.59 Å². The lowest BCUT2D eigenvalue weighted by Gasteiger charge is -2.23. The Hall–Kier alpha value is -2.12. The quantitative estimate of drug-likeness (QED) is 0.663. The first kappa shape index (κ1) is 20.9. The number of alkyl carbamates (subject to hydrolysis) is 1. The molecule has 2 amide bonds. The zero-order valence-corrected chi connectivity index (χ0v) is 15.3. The van der Waals surface area contributed by atoms with E-state index >= 15 is 0 Å². The molecule has 0 aliphatic rings. The van der Waals surface area contributed by atoms with Gasteiger partial charge < -0.3 is 24.8 Å². The van der Waals surface area contributed by atoms with Crippen molar-refractivity contribution in [2.45, 2.75) is 39.0 Å². The Balaban J connectivity index is 2.56. The molecule has 25 heavy (non-hydrogen) atoms. The highest BCUT2D eigenvalue weighted by molar-refractivity contribution is 5.85. The third-order valence-corrected chi connectivity index (χ3v) is 3.01. The SMILES string of the molecule is COCCNC(=O)C(COCc1ccccc1)NC(=O)OC(C)(C)C. The summed E-state index contributed by atoms with van der Waals surface area (Å²) in [4.78, 5) is 24.2. The molecule has 0 fully saturated rings. The molecule has 1 aromatic carbocycles. The molecule has 0 heterocycles. The Kier molecular flexibility index (Phi) is 8.94. The van der Waals surface area contributed by atoms with Crippen molar-refractivity contribution in [1.29, 1.82) is 0 Å². The van der Waals surface area contributed by atoms with Crippen LogP contribution in [0.15, 0.2) is 30.3 Å². The lowest BCUT2D eigenvalue weighted by molar-refractivity contribution is -0.125. The molecule has 0 radical (unpaired) electrons. The van der Waals surface area contributed by atoms with Crippen molar-refractivity contribution in [2.75, 3.05) is 26.9 Å². The van der Waals surface area contributed by atoms with Crippen molar-refractivity contribution in [3.05, 3.63) is 35.9 Å². The van der Waals surface area contributed by atoms with Gasteiger partial charge in [-0.2, -0.15) is 0 Å². The van der Waals surface area contributed by atoms with Crippen molar-refractivity contribution in [3.8, 4) is 0 Å². The van der Waals surface area contributed by atoms with Crippen LogP contribution in [0.3, 0.4) is 0 Å². The van der Waals surface area contributed by atoms with Crippen molar-refractivity contribution >= 4 is 12.0 Å². The summed E-state index contributed by atoms with van der Waals surface area (Å²) in [6.45, 7) is 6.38. The fourth-order valence-electron chi connectivity index (χ4n) is 1.90. The summed E-state index contributed by atoms with van der Waals surface area (Å²) in [5.74, 6) is -0.351. The second-order valence-corrected chi connectivity index (χ2v) is 6.48. The molecule has 0 aromatic heterocycles.